The fraction of sp³-hybridized carbons (Fsp3) is 0.167. The number of anilines is 1. The molecule has 2 aliphatic heterocycles. The standard InChI is InChI=1S/C12H8F2N2O4S/c1-6-5-16(10(21-6)15-11(17)18)7-2-3-8-9(4-7)20-12(13,14)19-8/h2-4H,1,5H2,(H,17,18). The number of nitrogens with zero attached hydrogens (tertiary/aromatic N) is 2. The highest BCUT2D eigenvalue weighted by atomic mass is 32.2. The van der Waals surface area contributed by atoms with Gasteiger partial charge in [-0.05, 0) is 12.1 Å². The summed E-state index contributed by atoms with van der Waals surface area (Å²) in [6.07, 6.45) is -5.04. The topological polar surface area (TPSA) is 71.4 Å². The molecule has 1 saturated heterocycles. The predicted octanol–water partition coefficient (Wildman–Crippen LogP) is 3.11. The highest BCUT2D eigenvalue weighted by molar-refractivity contribution is 8.18. The van der Waals surface area contributed by atoms with E-state index < -0.39 is 12.4 Å². The van der Waals surface area contributed by atoms with Crippen LogP contribution in [0.3, 0.4) is 0 Å². The van der Waals surface area contributed by atoms with Gasteiger partial charge in [-0.2, -0.15) is 4.99 Å². The molecule has 110 valence electrons. The zero-order valence-electron chi connectivity index (χ0n) is 10.4. The van der Waals surface area contributed by atoms with Crippen LogP contribution in [-0.4, -0.2) is 29.2 Å². The molecule has 0 aliphatic carbocycles. The molecule has 6 nitrogen and oxygen atoms in total. The first-order valence-electron chi connectivity index (χ1n) is 5.69. The molecule has 1 N–H and O–H groups in total. The molecular weight excluding hydrogens is 306 g/mol. The van der Waals surface area contributed by atoms with Crippen molar-refractivity contribution in [2.24, 2.45) is 4.99 Å². The van der Waals surface area contributed by atoms with Crippen LogP contribution in [0.5, 0.6) is 11.5 Å². The lowest BCUT2D eigenvalue weighted by molar-refractivity contribution is -0.286. The normalized spacial score (nSPS) is 21.1. The molecule has 0 spiro atoms. The second kappa shape index (κ2) is 4.62. The maximum Gasteiger partial charge on any atom is 0.586 e. The van der Waals surface area contributed by atoms with Crippen molar-refractivity contribution in [3.63, 3.8) is 0 Å². The summed E-state index contributed by atoms with van der Waals surface area (Å²) in [6, 6.07) is 4.18. The average molecular weight is 314 g/mol. The van der Waals surface area contributed by atoms with E-state index in [-0.39, 0.29) is 16.7 Å². The molecule has 2 heterocycles. The molecule has 0 atom stereocenters. The van der Waals surface area contributed by atoms with Gasteiger partial charge in [0.1, 0.15) is 0 Å². The Hall–Kier alpha value is -2.29. The number of benzene rings is 1. The number of halogens is 2. The van der Waals surface area contributed by atoms with E-state index in [0.717, 1.165) is 11.8 Å². The molecule has 2 aliphatic rings. The summed E-state index contributed by atoms with van der Waals surface area (Å²) in [5.74, 6) is -0.194. The number of carbonyl (C=O) groups is 1. The van der Waals surface area contributed by atoms with Gasteiger partial charge in [0.2, 0.25) is 0 Å². The van der Waals surface area contributed by atoms with Crippen molar-refractivity contribution < 1.29 is 28.2 Å². The Labute approximate surface area is 121 Å². The van der Waals surface area contributed by atoms with Gasteiger partial charge in [0.15, 0.2) is 16.7 Å². The minimum Gasteiger partial charge on any atom is -0.463 e. The van der Waals surface area contributed by atoms with E-state index in [1.807, 2.05) is 0 Å². The van der Waals surface area contributed by atoms with Crippen LogP contribution in [-0.2, 0) is 0 Å². The highest BCUT2D eigenvalue weighted by Gasteiger charge is 2.43. The molecule has 1 aromatic rings. The monoisotopic (exact) mass is 314 g/mol. The van der Waals surface area contributed by atoms with Crippen LogP contribution in [0.1, 0.15) is 0 Å². The first kappa shape index (κ1) is 13.7. The van der Waals surface area contributed by atoms with Gasteiger partial charge in [0.05, 0.1) is 6.54 Å². The van der Waals surface area contributed by atoms with Crippen LogP contribution in [0.4, 0.5) is 19.3 Å². The third kappa shape index (κ3) is 2.64. The molecule has 9 heteroatoms. The summed E-state index contributed by atoms with van der Waals surface area (Å²) in [7, 11) is 0. The van der Waals surface area contributed by atoms with Gasteiger partial charge in [0.25, 0.3) is 0 Å². The summed E-state index contributed by atoms with van der Waals surface area (Å²) in [6.45, 7) is 4.08. The third-order valence-corrected chi connectivity index (χ3v) is 3.60. The predicted molar refractivity (Wildman–Crippen MR) is 72.2 cm³/mol. The van der Waals surface area contributed by atoms with Gasteiger partial charge < -0.3 is 19.5 Å². The molecule has 3 rings (SSSR count). The van der Waals surface area contributed by atoms with E-state index in [1.54, 1.807) is 4.90 Å². The van der Waals surface area contributed by atoms with Crippen LogP contribution in [0.25, 0.3) is 0 Å². The quantitative estimate of drug-likeness (QED) is 0.859. The second-order valence-corrected chi connectivity index (χ2v) is 5.35. The van der Waals surface area contributed by atoms with E-state index in [4.69, 9.17) is 5.11 Å². The number of aliphatic imine (C=N–C) groups is 1. The summed E-state index contributed by atoms with van der Waals surface area (Å²) in [5, 5.41) is 8.95. The fourth-order valence-corrected chi connectivity index (χ4v) is 2.79. The molecule has 0 radical (unpaired) electrons. The number of hydrogen-bond donors (Lipinski definition) is 1. The number of fused-ring (bicyclic) bond motifs is 1. The Morgan fingerprint density at radius 2 is 2.14 bits per heavy atom. The highest BCUT2D eigenvalue weighted by Crippen LogP contribution is 2.44. The minimum absolute atomic E-state index is 0.0776. The van der Waals surface area contributed by atoms with Crippen LogP contribution in [0.15, 0.2) is 34.7 Å². The number of alkyl halides is 2. The van der Waals surface area contributed by atoms with Gasteiger partial charge in [-0.1, -0.05) is 18.3 Å². The largest absolute Gasteiger partial charge is 0.586 e. The first-order valence-corrected chi connectivity index (χ1v) is 6.50. The van der Waals surface area contributed by atoms with Crippen LogP contribution < -0.4 is 14.4 Å². The van der Waals surface area contributed by atoms with E-state index >= 15 is 0 Å². The Morgan fingerprint density at radius 1 is 1.43 bits per heavy atom. The zero-order valence-corrected chi connectivity index (χ0v) is 11.2. The number of thioether (sulfide) groups is 1. The number of rotatable bonds is 1. The van der Waals surface area contributed by atoms with E-state index in [0.29, 0.717) is 17.1 Å². The zero-order chi connectivity index (χ0) is 15.2. The van der Waals surface area contributed by atoms with E-state index in [1.165, 1.54) is 18.2 Å². The maximum atomic E-state index is 13.0. The Bertz CT molecular complexity index is 677. The molecule has 0 unspecified atom stereocenters. The molecule has 1 amide bonds. The van der Waals surface area contributed by atoms with Crippen LogP contribution in [0, 0.1) is 0 Å². The number of carboxylic acid groups (broad SMARTS) is 1. The molecular formula is C12H8F2N2O4S. The fourth-order valence-electron chi connectivity index (χ4n) is 1.93. The SMILES string of the molecule is C=C1CN(c2ccc3c(c2)OC(F)(F)O3)C(=NC(=O)O)S1. The number of ether oxygens (including phenoxy) is 2. The second-order valence-electron chi connectivity index (χ2n) is 4.20. The van der Waals surface area contributed by atoms with Gasteiger partial charge >= 0.3 is 12.4 Å². The molecule has 21 heavy (non-hydrogen) atoms. The van der Waals surface area contributed by atoms with E-state index in [2.05, 4.69) is 21.0 Å². The van der Waals surface area contributed by atoms with Crippen LogP contribution >= 0.6 is 11.8 Å². The Kier molecular flexibility index (Phi) is 3.01. The smallest absolute Gasteiger partial charge is 0.463 e. The summed E-state index contributed by atoms with van der Waals surface area (Å²) >= 11 is 1.11. The molecule has 0 saturated carbocycles. The number of amides is 1. The van der Waals surface area contributed by atoms with Crippen molar-refractivity contribution in [2.75, 3.05) is 11.4 Å². The van der Waals surface area contributed by atoms with Crippen molar-refractivity contribution in [2.45, 2.75) is 6.29 Å². The lowest BCUT2D eigenvalue weighted by atomic mass is 10.2. The lowest BCUT2D eigenvalue weighted by Gasteiger charge is -2.17. The number of hydrogen-bond acceptors (Lipinski definition) is 4. The van der Waals surface area contributed by atoms with Gasteiger partial charge in [-0.15, -0.1) is 8.78 Å². The summed E-state index contributed by atoms with van der Waals surface area (Å²) in [4.78, 5) is 16.4. The maximum absolute atomic E-state index is 13.0. The molecule has 1 aromatic carbocycles. The van der Waals surface area contributed by atoms with Gasteiger partial charge in [-0.25, -0.2) is 4.79 Å². The van der Waals surface area contributed by atoms with Crippen molar-refractivity contribution in [1.29, 1.82) is 0 Å². The van der Waals surface area contributed by atoms with Crippen molar-refractivity contribution in [3.05, 3.63) is 29.7 Å². The number of amidine groups is 1. The van der Waals surface area contributed by atoms with Crippen molar-refractivity contribution >= 4 is 28.7 Å². The van der Waals surface area contributed by atoms with Gasteiger partial charge in [0, 0.05) is 16.7 Å². The minimum atomic E-state index is -3.69. The average Bonchev–Trinajstić information content (AvgIpc) is 2.85. The van der Waals surface area contributed by atoms with Crippen molar-refractivity contribution in [3.8, 4) is 11.5 Å². The third-order valence-electron chi connectivity index (χ3n) is 2.69. The molecule has 0 aromatic heterocycles. The lowest BCUT2D eigenvalue weighted by Crippen LogP contribution is -2.26. The van der Waals surface area contributed by atoms with E-state index in [9.17, 15) is 13.6 Å². The Morgan fingerprint density at radius 3 is 2.86 bits per heavy atom. The van der Waals surface area contributed by atoms with Crippen LogP contribution in [0.2, 0.25) is 0 Å². The molecule has 0 bridgehead atoms. The van der Waals surface area contributed by atoms with Gasteiger partial charge in [-0.3, -0.25) is 0 Å². The van der Waals surface area contributed by atoms with Crippen molar-refractivity contribution in [1.82, 2.24) is 0 Å². The molecule has 1 fully saturated rings. The summed E-state index contributed by atoms with van der Waals surface area (Å²) in [5.41, 5.74) is 0.459. The Balaban J connectivity index is 1.94. The summed E-state index contributed by atoms with van der Waals surface area (Å²) < 4.78 is 34.6. The first-order chi connectivity index (χ1) is 9.84.